The van der Waals surface area contributed by atoms with Gasteiger partial charge in [-0.2, -0.15) is 0 Å². The molecule has 1 aliphatic carbocycles. The fourth-order valence-corrected chi connectivity index (χ4v) is 3.32. The molecule has 0 bridgehead atoms. The van der Waals surface area contributed by atoms with E-state index in [1.54, 1.807) is 0 Å². The monoisotopic (exact) mass is 284 g/mol. The standard InChI is InChI=1S/C18H24N2O/c1-4-18(3)16(19-5-2)11-17(18)21-14-10-13-8-6-7-9-15(13)20-12-14/h6-10,12,16-17,19H,4-5,11H2,1-3H3. The lowest BCUT2D eigenvalue weighted by atomic mass is 9.61. The maximum Gasteiger partial charge on any atom is 0.138 e. The minimum atomic E-state index is 0.210. The third-order valence-corrected chi connectivity index (χ3v) is 5.04. The number of nitrogens with zero attached hydrogens (tertiary/aromatic N) is 1. The molecule has 21 heavy (non-hydrogen) atoms. The molecule has 2 aromatic rings. The van der Waals surface area contributed by atoms with Crippen molar-refractivity contribution in [3.05, 3.63) is 36.5 Å². The Kier molecular flexibility index (Phi) is 3.85. The van der Waals surface area contributed by atoms with E-state index in [0.29, 0.717) is 6.04 Å². The van der Waals surface area contributed by atoms with Crippen molar-refractivity contribution in [3.8, 4) is 5.75 Å². The van der Waals surface area contributed by atoms with Gasteiger partial charge in [-0.3, -0.25) is 4.98 Å². The van der Waals surface area contributed by atoms with E-state index < -0.39 is 0 Å². The van der Waals surface area contributed by atoms with Crippen LogP contribution < -0.4 is 10.1 Å². The molecule has 0 saturated heterocycles. The van der Waals surface area contributed by atoms with Gasteiger partial charge in [-0.05, 0) is 25.1 Å². The average molecular weight is 284 g/mol. The van der Waals surface area contributed by atoms with Crippen LogP contribution in [0.15, 0.2) is 36.5 Å². The summed E-state index contributed by atoms with van der Waals surface area (Å²) in [7, 11) is 0. The highest BCUT2D eigenvalue weighted by molar-refractivity contribution is 5.79. The first-order valence-corrected chi connectivity index (χ1v) is 7.92. The van der Waals surface area contributed by atoms with Crippen molar-refractivity contribution < 1.29 is 4.74 Å². The van der Waals surface area contributed by atoms with Gasteiger partial charge in [0.1, 0.15) is 11.9 Å². The van der Waals surface area contributed by atoms with E-state index in [9.17, 15) is 0 Å². The van der Waals surface area contributed by atoms with Gasteiger partial charge in [0, 0.05) is 23.3 Å². The number of fused-ring (bicyclic) bond motifs is 1. The largest absolute Gasteiger partial charge is 0.488 e. The van der Waals surface area contributed by atoms with Gasteiger partial charge in [0.2, 0.25) is 0 Å². The Balaban J connectivity index is 1.76. The maximum absolute atomic E-state index is 6.24. The van der Waals surface area contributed by atoms with E-state index in [1.807, 2.05) is 24.4 Å². The second-order valence-electron chi connectivity index (χ2n) is 6.18. The minimum absolute atomic E-state index is 0.210. The smallest absolute Gasteiger partial charge is 0.138 e. The van der Waals surface area contributed by atoms with Crippen LogP contribution >= 0.6 is 0 Å². The molecule has 3 unspecified atom stereocenters. The Morgan fingerprint density at radius 1 is 1.33 bits per heavy atom. The predicted molar refractivity (Wildman–Crippen MR) is 86.6 cm³/mol. The van der Waals surface area contributed by atoms with Crippen LogP contribution in [0.2, 0.25) is 0 Å². The van der Waals surface area contributed by atoms with Gasteiger partial charge < -0.3 is 10.1 Å². The zero-order valence-corrected chi connectivity index (χ0v) is 13.1. The Morgan fingerprint density at radius 3 is 2.90 bits per heavy atom. The molecule has 1 fully saturated rings. The van der Waals surface area contributed by atoms with Crippen molar-refractivity contribution >= 4 is 10.9 Å². The number of nitrogens with one attached hydrogen (secondary N) is 1. The molecule has 3 rings (SSSR count). The number of pyridine rings is 1. The van der Waals surface area contributed by atoms with Crippen molar-refractivity contribution in [3.63, 3.8) is 0 Å². The second kappa shape index (κ2) is 5.64. The van der Waals surface area contributed by atoms with Gasteiger partial charge in [0.05, 0.1) is 11.7 Å². The molecule has 1 aromatic carbocycles. The Labute approximate surface area is 126 Å². The van der Waals surface area contributed by atoms with E-state index in [2.05, 4.69) is 43.2 Å². The van der Waals surface area contributed by atoms with Gasteiger partial charge >= 0.3 is 0 Å². The fourth-order valence-electron chi connectivity index (χ4n) is 3.32. The first kappa shape index (κ1) is 14.3. The molecule has 1 aliphatic rings. The maximum atomic E-state index is 6.24. The number of hydrogen-bond acceptors (Lipinski definition) is 3. The first-order chi connectivity index (χ1) is 10.2. The van der Waals surface area contributed by atoms with Gasteiger partial charge in [-0.15, -0.1) is 0 Å². The lowest BCUT2D eigenvalue weighted by molar-refractivity contribution is -0.0697. The molecule has 0 radical (unpaired) electrons. The van der Waals surface area contributed by atoms with Crippen molar-refractivity contribution in [2.75, 3.05) is 6.54 Å². The van der Waals surface area contributed by atoms with E-state index in [4.69, 9.17) is 4.74 Å². The van der Waals surface area contributed by atoms with Crippen LogP contribution in [0.3, 0.4) is 0 Å². The average Bonchev–Trinajstić information content (AvgIpc) is 2.53. The quantitative estimate of drug-likeness (QED) is 0.907. The first-order valence-electron chi connectivity index (χ1n) is 7.92. The third kappa shape index (κ3) is 2.51. The third-order valence-electron chi connectivity index (χ3n) is 5.04. The molecule has 1 heterocycles. The lowest BCUT2D eigenvalue weighted by Crippen LogP contribution is -2.63. The molecule has 1 N–H and O–H groups in total. The summed E-state index contributed by atoms with van der Waals surface area (Å²) in [6.07, 6.45) is 4.31. The van der Waals surface area contributed by atoms with Crippen molar-refractivity contribution in [2.45, 2.75) is 45.8 Å². The van der Waals surface area contributed by atoms with E-state index in [-0.39, 0.29) is 11.5 Å². The SMILES string of the molecule is CCNC1CC(Oc2cnc3ccccc3c2)C1(C)CC. The number of benzene rings is 1. The number of rotatable bonds is 5. The molecule has 0 aliphatic heterocycles. The Morgan fingerprint density at radius 2 is 2.14 bits per heavy atom. The summed E-state index contributed by atoms with van der Waals surface area (Å²) in [6, 6.07) is 10.8. The summed E-state index contributed by atoms with van der Waals surface area (Å²) in [5, 5.41) is 4.71. The summed E-state index contributed by atoms with van der Waals surface area (Å²) in [5.74, 6) is 0.883. The molecule has 3 nitrogen and oxygen atoms in total. The predicted octanol–water partition coefficient (Wildman–Crippen LogP) is 3.78. The van der Waals surface area contributed by atoms with E-state index in [1.165, 1.54) is 0 Å². The summed E-state index contributed by atoms with van der Waals surface area (Å²) < 4.78 is 6.24. The van der Waals surface area contributed by atoms with Crippen LogP contribution in [0.25, 0.3) is 10.9 Å². The molecule has 1 aromatic heterocycles. The molecule has 3 heteroatoms. The highest BCUT2D eigenvalue weighted by Crippen LogP contribution is 2.46. The van der Waals surface area contributed by atoms with Crippen LogP contribution in [0, 0.1) is 5.41 Å². The molecule has 0 amide bonds. The van der Waals surface area contributed by atoms with Crippen LogP contribution in [0.1, 0.15) is 33.6 Å². The summed E-state index contributed by atoms with van der Waals surface area (Å²) in [6.45, 7) is 7.75. The van der Waals surface area contributed by atoms with Crippen LogP contribution in [-0.2, 0) is 0 Å². The second-order valence-corrected chi connectivity index (χ2v) is 6.18. The van der Waals surface area contributed by atoms with Crippen molar-refractivity contribution in [1.29, 1.82) is 0 Å². The highest BCUT2D eigenvalue weighted by atomic mass is 16.5. The van der Waals surface area contributed by atoms with Gasteiger partial charge in [0.25, 0.3) is 0 Å². The van der Waals surface area contributed by atoms with Crippen LogP contribution in [0.5, 0.6) is 5.75 Å². The Bertz CT molecular complexity index is 627. The van der Waals surface area contributed by atoms with Crippen LogP contribution in [0.4, 0.5) is 0 Å². The van der Waals surface area contributed by atoms with Gasteiger partial charge in [0.15, 0.2) is 0 Å². The fraction of sp³-hybridized carbons (Fsp3) is 0.500. The molecule has 3 atom stereocenters. The Hall–Kier alpha value is -1.61. The molecule has 112 valence electrons. The summed E-state index contributed by atoms with van der Waals surface area (Å²) in [5.41, 5.74) is 1.23. The van der Waals surface area contributed by atoms with Crippen LogP contribution in [-0.4, -0.2) is 23.7 Å². The van der Waals surface area contributed by atoms with E-state index in [0.717, 1.165) is 36.0 Å². The van der Waals surface area contributed by atoms with Crippen molar-refractivity contribution in [1.82, 2.24) is 10.3 Å². The highest BCUT2D eigenvalue weighted by Gasteiger charge is 2.51. The zero-order chi connectivity index (χ0) is 14.9. The summed E-state index contributed by atoms with van der Waals surface area (Å²) >= 11 is 0. The topological polar surface area (TPSA) is 34.1 Å². The minimum Gasteiger partial charge on any atom is -0.488 e. The van der Waals surface area contributed by atoms with Gasteiger partial charge in [-0.25, -0.2) is 0 Å². The number of ether oxygens (including phenoxy) is 1. The molecular formula is C18H24N2O. The van der Waals surface area contributed by atoms with E-state index >= 15 is 0 Å². The van der Waals surface area contributed by atoms with Crippen molar-refractivity contribution in [2.24, 2.45) is 5.41 Å². The molecule has 0 spiro atoms. The molecular weight excluding hydrogens is 260 g/mol. The number of aromatic nitrogens is 1. The summed E-state index contributed by atoms with van der Waals surface area (Å²) in [4.78, 5) is 4.48. The van der Waals surface area contributed by atoms with Gasteiger partial charge in [-0.1, -0.05) is 39.0 Å². The molecule has 1 saturated carbocycles. The zero-order valence-electron chi connectivity index (χ0n) is 13.1. The lowest BCUT2D eigenvalue weighted by Gasteiger charge is -2.53. The normalized spacial score (nSPS) is 28.3. The number of para-hydroxylation sites is 1. The number of hydrogen-bond donors (Lipinski definition) is 1.